The van der Waals surface area contributed by atoms with Gasteiger partial charge in [-0.2, -0.15) is 5.10 Å². The number of carbonyl (C=O) groups is 2. The minimum absolute atomic E-state index is 0.0701. The van der Waals surface area contributed by atoms with E-state index in [1.165, 1.54) is 0 Å². The van der Waals surface area contributed by atoms with Crippen molar-refractivity contribution in [3.8, 4) is 0 Å². The summed E-state index contributed by atoms with van der Waals surface area (Å²) >= 11 is 0. The molecule has 0 radical (unpaired) electrons. The van der Waals surface area contributed by atoms with Crippen LogP contribution in [-0.2, 0) is 23.0 Å². The minimum Gasteiger partial charge on any atom is -0.367 e. The van der Waals surface area contributed by atoms with Crippen molar-refractivity contribution in [2.24, 2.45) is 18.7 Å². The van der Waals surface area contributed by atoms with E-state index in [2.05, 4.69) is 5.10 Å². The number of piperidine rings is 1. The van der Waals surface area contributed by atoms with E-state index in [-0.39, 0.29) is 17.9 Å². The van der Waals surface area contributed by atoms with Gasteiger partial charge in [-0.05, 0) is 38.0 Å². The van der Waals surface area contributed by atoms with Gasteiger partial charge in [0.15, 0.2) is 0 Å². The van der Waals surface area contributed by atoms with Gasteiger partial charge < -0.3 is 15.4 Å². The normalized spacial score (nSPS) is 25.2. The Hall–Kier alpha value is -1.89. The van der Waals surface area contributed by atoms with E-state index in [1.807, 2.05) is 25.1 Å². The number of nitrogens with zero attached hydrogens (tertiary/aromatic N) is 3. The van der Waals surface area contributed by atoms with E-state index >= 15 is 0 Å². The number of hydrogen-bond acceptors (Lipinski definition) is 4. The number of aryl methyl sites for hydroxylation is 2. The summed E-state index contributed by atoms with van der Waals surface area (Å²) in [6, 6.07) is 0. The van der Waals surface area contributed by atoms with Crippen LogP contribution in [-0.4, -0.2) is 51.8 Å². The van der Waals surface area contributed by atoms with E-state index in [0.29, 0.717) is 17.9 Å². The number of amides is 2. The van der Waals surface area contributed by atoms with Crippen LogP contribution in [0, 0.1) is 5.92 Å². The SMILES string of the molecule is CCc1nn(C)cc1C(=O)N1CCC([C@@H]2CC[C@H](C(N)=O)O2)CC1. The van der Waals surface area contributed by atoms with E-state index < -0.39 is 6.10 Å². The van der Waals surface area contributed by atoms with Crippen molar-refractivity contribution in [1.29, 1.82) is 0 Å². The number of hydrogen-bond donors (Lipinski definition) is 1. The van der Waals surface area contributed by atoms with Gasteiger partial charge in [0.1, 0.15) is 6.10 Å². The van der Waals surface area contributed by atoms with Crippen molar-refractivity contribution < 1.29 is 14.3 Å². The van der Waals surface area contributed by atoms with Crippen LogP contribution >= 0.6 is 0 Å². The van der Waals surface area contributed by atoms with Gasteiger partial charge in [0.2, 0.25) is 5.91 Å². The highest BCUT2D eigenvalue weighted by molar-refractivity contribution is 5.95. The van der Waals surface area contributed by atoms with Crippen molar-refractivity contribution in [3.05, 3.63) is 17.5 Å². The van der Waals surface area contributed by atoms with Crippen molar-refractivity contribution in [3.63, 3.8) is 0 Å². The second-order valence-corrected chi connectivity index (χ2v) is 6.79. The van der Waals surface area contributed by atoms with Gasteiger partial charge in [-0.1, -0.05) is 6.92 Å². The summed E-state index contributed by atoms with van der Waals surface area (Å²) < 4.78 is 7.49. The molecule has 7 heteroatoms. The Labute approximate surface area is 142 Å². The van der Waals surface area contributed by atoms with E-state index in [4.69, 9.17) is 10.5 Å². The van der Waals surface area contributed by atoms with E-state index in [9.17, 15) is 9.59 Å². The Bertz CT molecular complexity index is 619. The topological polar surface area (TPSA) is 90.5 Å². The smallest absolute Gasteiger partial charge is 0.257 e. The third kappa shape index (κ3) is 3.31. The van der Waals surface area contributed by atoms with Crippen molar-refractivity contribution in [2.75, 3.05) is 13.1 Å². The number of carbonyl (C=O) groups excluding carboxylic acids is 2. The van der Waals surface area contributed by atoms with Crippen molar-refractivity contribution in [1.82, 2.24) is 14.7 Å². The third-order valence-electron chi connectivity index (χ3n) is 5.19. The molecular formula is C17H26N4O3. The second-order valence-electron chi connectivity index (χ2n) is 6.79. The Morgan fingerprint density at radius 3 is 2.58 bits per heavy atom. The van der Waals surface area contributed by atoms with Gasteiger partial charge in [0.05, 0.1) is 17.4 Å². The average Bonchev–Trinajstić information content (AvgIpc) is 3.21. The predicted molar refractivity (Wildman–Crippen MR) is 88.3 cm³/mol. The van der Waals surface area contributed by atoms with Crippen LogP contribution < -0.4 is 5.73 Å². The molecule has 3 rings (SSSR count). The highest BCUT2D eigenvalue weighted by atomic mass is 16.5. The first-order valence-electron chi connectivity index (χ1n) is 8.76. The molecule has 2 N–H and O–H groups in total. The maximum absolute atomic E-state index is 12.7. The van der Waals surface area contributed by atoms with Crippen LogP contribution in [0.15, 0.2) is 6.20 Å². The van der Waals surface area contributed by atoms with Gasteiger partial charge in [-0.25, -0.2) is 0 Å². The van der Waals surface area contributed by atoms with Crippen LogP contribution in [0.5, 0.6) is 0 Å². The summed E-state index contributed by atoms with van der Waals surface area (Å²) in [7, 11) is 1.84. The van der Waals surface area contributed by atoms with Crippen molar-refractivity contribution >= 4 is 11.8 Å². The quantitative estimate of drug-likeness (QED) is 0.884. The Kier molecular flexibility index (Phi) is 4.89. The summed E-state index contributed by atoms with van der Waals surface area (Å²) in [5, 5.41) is 4.35. The predicted octanol–water partition coefficient (Wildman–Crippen LogP) is 0.868. The first-order valence-corrected chi connectivity index (χ1v) is 8.76. The molecule has 0 spiro atoms. The Morgan fingerprint density at radius 1 is 1.29 bits per heavy atom. The van der Waals surface area contributed by atoms with Gasteiger partial charge in [0.25, 0.3) is 5.91 Å². The molecule has 1 aromatic heterocycles. The molecule has 0 unspecified atom stereocenters. The molecule has 0 saturated carbocycles. The molecule has 0 aromatic carbocycles. The maximum atomic E-state index is 12.7. The lowest BCUT2D eigenvalue weighted by molar-refractivity contribution is -0.130. The first kappa shape index (κ1) is 17.0. The minimum atomic E-state index is -0.433. The molecule has 0 bridgehead atoms. The van der Waals surface area contributed by atoms with E-state index in [1.54, 1.807) is 4.68 Å². The summed E-state index contributed by atoms with van der Waals surface area (Å²) in [6.45, 7) is 3.46. The van der Waals surface area contributed by atoms with Crippen molar-refractivity contribution in [2.45, 2.75) is 51.2 Å². The zero-order chi connectivity index (χ0) is 17.3. The lowest BCUT2D eigenvalue weighted by Gasteiger charge is -2.34. The molecule has 1 aromatic rings. The third-order valence-corrected chi connectivity index (χ3v) is 5.19. The van der Waals surface area contributed by atoms with Gasteiger partial charge in [-0.3, -0.25) is 14.3 Å². The zero-order valence-electron chi connectivity index (χ0n) is 14.4. The largest absolute Gasteiger partial charge is 0.367 e. The number of aromatic nitrogens is 2. The number of primary amides is 1. The maximum Gasteiger partial charge on any atom is 0.257 e. The summed E-state index contributed by atoms with van der Waals surface area (Å²) in [6.07, 6.45) is 5.64. The van der Waals surface area contributed by atoms with Gasteiger partial charge >= 0.3 is 0 Å². The summed E-state index contributed by atoms with van der Waals surface area (Å²) in [5.74, 6) is 0.104. The fourth-order valence-corrected chi connectivity index (χ4v) is 3.84. The molecule has 3 heterocycles. The lowest BCUT2D eigenvalue weighted by atomic mass is 9.89. The van der Waals surface area contributed by atoms with Crippen LogP contribution in [0.1, 0.15) is 48.7 Å². The molecule has 2 aliphatic heterocycles. The summed E-state index contributed by atoms with van der Waals surface area (Å²) in [5.41, 5.74) is 6.89. The van der Waals surface area contributed by atoms with Crippen LogP contribution in [0.3, 0.4) is 0 Å². The highest BCUT2D eigenvalue weighted by Gasteiger charge is 2.36. The lowest BCUT2D eigenvalue weighted by Crippen LogP contribution is -2.41. The fraction of sp³-hybridized carbons (Fsp3) is 0.706. The Morgan fingerprint density at radius 2 is 2.00 bits per heavy atom. The van der Waals surface area contributed by atoms with Crippen LogP contribution in [0.4, 0.5) is 0 Å². The molecular weight excluding hydrogens is 308 g/mol. The number of nitrogens with two attached hydrogens (primary N) is 1. The average molecular weight is 334 g/mol. The molecule has 24 heavy (non-hydrogen) atoms. The standard InChI is InChI=1S/C17H26N4O3/c1-3-13-12(10-20(2)19-13)17(23)21-8-6-11(7-9-21)14-4-5-15(24-14)16(18)22/h10-11,14-15H,3-9H2,1-2H3,(H2,18,22)/t14-,15+/m0/s1. The monoisotopic (exact) mass is 334 g/mol. The molecule has 132 valence electrons. The number of likely N-dealkylation sites (tertiary alicyclic amines) is 1. The molecule has 2 fully saturated rings. The van der Waals surface area contributed by atoms with Crippen LogP contribution in [0.2, 0.25) is 0 Å². The van der Waals surface area contributed by atoms with E-state index in [0.717, 1.165) is 44.5 Å². The zero-order valence-corrected chi connectivity index (χ0v) is 14.4. The molecule has 2 amide bonds. The molecule has 2 atom stereocenters. The molecule has 0 aliphatic carbocycles. The Balaban J connectivity index is 1.57. The highest BCUT2D eigenvalue weighted by Crippen LogP contribution is 2.32. The molecule has 2 saturated heterocycles. The molecule has 7 nitrogen and oxygen atoms in total. The van der Waals surface area contributed by atoms with Crippen LogP contribution in [0.25, 0.3) is 0 Å². The number of rotatable bonds is 4. The molecule has 2 aliphatic rings. The summed E-state index contributed by atoms with van der Waals surface area (Å²) in [4.78, 5) is 25.9. The van der Waals surface area contributed by atoms with Gasteiger partial charge in [-0.15, -0.1) is 0 Å². The first-order chi connectivity index (χ1) is 11.5. The second kappa shape index (κ2) is 6.93. The fourth-order valence-electron chi connectivity index (χ4n) is 3.84. The number of ether oxygens (including phenoxy) is 1. The van der Waals surface area contributed by atoms with Gasteiger partial charge in [0, 0.05) is 26.3 Å².